The first-order valence-electron chi connectivity index (χ1n) is 7.42. The highest BCUT2D eigenvalue weighted by atomic mass is 35.5. The predicted molar refractivity (Wildman–Crippen MR) is 91.5 cm³/mol. The van der Waals surface area contributed by atoms with Crippen LogP contribution in [0.15, 0.2) is 47.5 Å². The second-order valence-electron chi connectivity index (χ2n) is 5.47. The second kappa shape index (κ2) is 6.98. The molecule has 0 aliphatic heterocycles. The van der Waals surface area contributed by atoms with Crippen LogP contribution in [0.2, 0.25) is 5.02 Å². The summed E-state index contributed by atoms with van der Waals surface area (Å²) >= 11 is 6.05. The normalized spacial score (nSPS) is 12.3. The van der Waals surface area contributed by atoms with Crippen LogP contribution in [0.4, 0.5) is 0 Å². The molecule has 0 aliphatic rings. The van der Waals surface area contributed by atoms with E-state index in [1.54, 1.807) is 30.5 Å². The number of halogens is 1. The lowest BCUT2D eigenvalue weighted by Crippen LogP contribution is -2.32. The van der Waals surface area contributed by atoms with Gasteiger partial charge in [-0.15, -0.1) is 0 Å². The molecule has 2 heterocycles. The first kappa shape index (κ1) is 16.4. The number of hydrogen-bond acceptors (Lipinski definition) is 5. The molecule has 0 unspecified atom stereocenters. The van der Waals surface area contributed by atoms with Crippen molar-refractivity contribution in [3.8, 4) is 5.75 Å². The molecule has 3 aromatic rings. The fourth-order valence-electron chi connectivity index (χ4n) is 2.31. The number of hydrogen-bond donors (Lipinski definition) is 1. The molecule has 0 fully saturated rings. The van der Waals surface area contributed by atoms with E-state index in [0.29, 0.717) is 21.7 Å². The van der Waals surface area contributed by atoms with Crippen molar-refractivity contribution >= 4 is 22.5 Å². The van der Waals surface area contributed by atoms with Gasteiger partial charge in [-0.1, -0.05) is 17.7 Å². The van der Waals surface area contributed by atoms with Gasteiger partial charge in [-0.05, 0) is 36.8 Å². The summed E-state index contributed by atoms with van der Waals surface area (Å²) in [7, 11) is 0. The van der Waals surface area contributed by atoms with Crippen LogP contribution in [0, 0.1) is 6.92 Å². The molecule has 1 aromatic carbocycles. The zero-order chi connectivity index (χ0) is 17.1. The molecule has 24 heavy (non-hydrogen) atoms. The molecule has 0 saturated carbocycles. The van der Waals surface area contributed by atoms with Crippen molar-refractivity contribution in [2.75, 3.05) is 6.61 Å². The van der Waals surface area contributed by atoms with Crippen LogP contribution < -0.4 is 10.3 Å². The van der Waals surface area contributed by atoms with E-state index in [2.05, 4.69) is 10.1 Å². The maximum Gasteiger partial charge on any atom is 0.276 e. The molecule has 6 nitrogen and oxygen atoms in total. The van der Waals surface area contributed by atoms with E-state index in [1.165, 1.54) is 10.9 Å². The van der Waals surface area contributed by atoms with E-state index in [-0.39, 0.29) is 18.7 Å². The molecule has 0 radical (unpaired) electrons. The molecule has 124 valence electrons. The number of nitrogens with zero attached hydrogens (tertiary/aromatic N) is 3. The summed E-state index contributed by atoms with van der Waals surface area (Å²) in [5.41, 5.74) is 1.23. The van der Waals surface area contributed by atoms with Crippen LogP contribution in [0.5, 0.6) is 5.75 Å². The van der Waals surface area contributed by atoms with Crippen LogP contribution in [0.3, 0.4) is 0 Å². The Labute approximate surface area is 143 Å². The van der Waals surface area contributed by atoms with Gasteiger partial charge in [-0.3, -0.25) is 9.78 Å². The molecule has 0 bridgehead atoms. The Morgan fingerprint density at radius 2 is 2.21 bits per heavy atom. The molecule has 2 aromatic heterocycles. The van der Waals surface area contributed by atoms with Crippen LogP contribution >= 0.6 is 11.6 Å². The van der Waals surface area contributed by atoms with E-state index < -0.39 is 6.10 Å². The third-order valence-corrected chi connectivity index (χ3v) is 3.84. The van der Waals surface area contributed by atoms with Crippen molar-refractivity contribution in [3.63, 3.8) is 0 Å². The van der Waals surface area contributed by atoms with E-state index in [0.717, 1.165) is 5.56 Å². The third-order valence-electron chi connectivity index (χ3n) is 3.52. The summed E-state index contributed by atoms with van der Waals surface area (Å²) in [6.45, 7) is 1.95. The number of aliphatic hydroxyl groups is 1. The van der Waals surface area contributed by atoms with E-state index >= 15 is 0 Å². The van der Waals surface area contributed by atoms with Gasteiger partial charge in [0, 0.05) is 6.20 Å². The molecule has 7 heteroatoms. The van der Waals surface area contributed by atoms with Crippen LogP contribution in [0.1, 0.15) is 5.56 Å². The highest BCUT2D eigenvalue weighted by Gasteiger charge is 2.12. The van der Waals surface area contributed by atoms with Gasteiger partial charge in [0.15, 0.2) is 0 Å². The zero-order valence-corrected chi connectivity index (χ0v) is 13.8. The maximum atomic E-state index is 12.3. The number of aromatic nitrogens is 3. The number of aliphatic hydroxyl groups excluding tert-OH is 1. The molecule has 0 aliphatic carbocycles. The summed E-state index contributed by atoms with van der Waals surface area (Å²) in [5.74, 6) is 0.499. The minimum absolute atomic E-state index is 0.00235. The number of fused-ring (bicyclic) bond motifs is 1. The minimum atomic E-state index is -0.902. The largest absolute Gasteiger partial charge is 0.489 e. The van der Waals surface area contributed by atoms with Gasteiger partial charge in [0.25, 0.3) is 5.56 Å². The predicted octanol–water partition coefficient (Wildman–Crippen LogP) is 2.19. The molecule has 3 rings (SSSR count). The summed E-state index contributed by atoms with van der Waals surface area (Å²) in [6.07, 6.45) is 2.20. The highest BCUT2D eigenvalue weighted by Crippen LogP contribution is 2.25. The van der Waals surface area contributed by atoms with E-state index in [4.69, 9.17) is 16.3 Å². The summed E-state index contributed by atoms with van der Waals surface area (Å²) in [6, 6.07) is 8.77. The average molecular weight is 346 g/mol. The first-order valence-corrected chi connectivity index (χ1v) is 7.80. The SMILES string of the molecule is Cc1ccc(Cl)c(OC[C@@H](O)Cn2ncc3ncccc3c2=O)c1. The lowest BCUT2D eigenvalue weighted by molar-refractivity contribution is 0.0881. The molecule has 1 atom stereocenters. The Hall–Kier alpha value is -2.44. The van der Waals surface area contributed by atoms with Gasteiger partial charge in [-0.2, -0.15) is 5.10 Å². The van der Waals surface area contributed by atoms with Crippen molar-refractivity contribution in [2.45, 2.75) is 19.6 Å². The summed E-state index contributed by atoms with van der Waals surface area (Å²) < 4.78 is 6.75. The molecular formula is C17H16ClN3O3. The first-order chi connectivity index (χ1) is 11.5. The van der Waals surface area contributed by atoms with Gasteiger partial charge in [0.1, 0.15) is 18.5 Å². The average Bonchev–Trinajstić information content (AvgIpc) is 2.58. The number of pyridine rings is 1. The third kappa shape index (κ3) is 3.55. The highest BCUT2D eigenvalue weighted by molar-refractivity contribution is 6.32. The maximum absolute atomic E-state index is 12.3. The van der Waals surface area contributed by atoms with Crippen molar-refractivity contribution < 1.29 is 9.84 Å². The van der Waals surface area contributed by atoms with Gasteiger partial charge in [0.2, 0.25) is 0 Å². The van der Waals surface area contributed by atoms with Gasteiger partial charge in [0.05, 0.1) is 28.7 Å². The Kier molecular flexibility index (Phi) is 4.78. The standard InChI is InChI=1S/C17H16ClN3O3/c1-11-4-5-14(18)16(7-11)24-10-12(22)9-21-17(23)13-3-2-6-19-15(13)8-20-21/h2-8,12,22H,9-10H2,1H3/t12-/m0/s1. The van der Waals surface area contributed by atoms with Gasteiger partial charge >= 0.3 is 0 Å². The zero-order valence-electron chi connectivity index (χ0n) is 13.0. The lowest BCUT2D eigenvalue weighted by atomic mass is 10.2. The molecule has 0 saturated heterocycles. The Morgan fingerprint density at radius 3 is 3.04 bits per heavy atom. The molecule has 1 N–H and O–H groups in total. The van der Waals surface area contributed by atoms with Crippen LogP contribution in [-0.2, 0) is 6.54 Å². The van der Waals surface area contributed by atoms with Gasteiger partial charge in [-0.25, -0.2) is 4.68 Å². The van der Waals surface area contributed by atoms with Crippen molar-refractivity contribution in [1.29, 1.82) is 0 Å². The van der Waals surface area contributed by atoms with Gasteiger partial charge < -0.3 is 9.84 Å². The summed E-state index contributed by atoms with van der Waals surface area (Å²) in [5, 5.41) is 15.1. The van der Waals surface area contributed by atoms with Crippen LogP contribution in [-0.4, -0.2) is 32.6 Å². The molecule has 0 spiro atoms. The van der Waals surface area contributed by atoms with Crippen LogP contribution in [0.25, 0.3) is 10.9 Å². The van der Waals surface area contributed by atoms with Crippen molar-refractivity contribution in [2.24, 2.45) is 0 Å². The number of ether oxygens (including phenoxy) is 1. The minimum Gasteiger partial charge on any atom is -0.489 e. The van der Waals surface area contributed by atoms with Crippen molar-refractivity contribution in [1.82, 2.24) is 14.8 Å². The Balaban J connectivity index is 1.71. The number of rotatable bonds is 5. The topological polar surface area (TPSA) is 77.2 Å². The second-order valence-corrected chi connectivity index (χ2v) is 5.87. The number of benzene rings is 1. The molecular weight excluding hydrogens is 330 g/mol. The quantitative estimate of drug-likeness (QED) is 0.767. The van der Waals surface area contributed by atoms with E-state index in [1.807, 2.05) is 13.0 Å². The monoisotopic (exact) mass is 345 g/mol. The fraction of sp³-hybridized carbons (Fsp3) is 0.235. The molecule has 0 amide bonds. The Morgan fingerprint density at radius 1 is 1.38 bits per heavy atom. The number of aryl methyl sites for hydroxylation is 1. The fourth-order valence-corrected chi connectivity index (χ4v) is 2.48. The smallest absolute Gasteiger partial charge is 0.276 e. The lowest BCUT2D eigenvalue weighted by Gasteiger charge is -2.14. The van der Waals surface area contributed by atoms with Crippen molar-refractivity contribution in [3.05, 3.63) is 63.7 Å². The Bertz CT molecular complexity index is 926. The van der Waals surface area contributed by atoms with E-state index in [9.17, 15) is 9.90 Å². The summed E-state index contributed by atoms with van der Waals surface area (Å²) in [4.78, 5) is 16.4.